The Morgan fingerprint density at radius 1 is 0.977 bits per heavy atom. The minimum atomic E-state index is -4.20. The lowest BCUT2D eigenvalue weighted by Crippen LogP contribution is -2.31. The van der Waals surface area contributed by atoms with E-state index in [4.69, 9.17) is 4.74 Å². The van der Waals surface area contributed by atoms with Crippen molar-refractivity contribution in [1.82, 2.24) is 14.5 Å². The predicted octanol–water partition coefficient (Wildman–Crippen LogP) is 4.88. The molecule has 3 aromatic carbocycles. The van der Waals surface area contributed by atoms with Crippen LogP contribution >= 0.6 is 11.3 Å². The zero-order chi connectivity index (χ0) is 31.0. The summed E-state index contributed by atoms with van der Waals surface area (Å²) in [5.41, 5.74) is 1.65. The number of nitrogens with zero attached hydrogens (tertiary/aromatic N) is 3. The fourth-order valence-electron chi connectivity index (χ4n) is 4.09. The maximum atomic E-state index is 13.0. The Bertz CT molecular complexity index is 1810. The molecule has 1 aromatic heterocycles. The van der Waals surface area contributed by atoms with Gasteiger partial charge in [0.05, 0.1) is 29.2 Å². The number of sulfonamides is 1. The first-order valence-corrected chi connectivity index (χ1v) is 15.8. The topological polar surface area (TPSA) is 157 Å². The van der Waals surface area contributed by atoms with Crippen LogP contribution < -0.4 is 9.52 Å². The lowest BCUT2D eigenvalue weighted by Gasteiger charge is -2.12. The first-order chi connectivity index (χ1) is 20.6. The summed E-state index contributed by atoms with van der Waals surface area (Å²) >= 11 is 1.24. The van der Waals surface area contributed by atoms with E-state index in [0.717, 1.165) is 17.0 Å². The summed E-state index contributed by atoms with van der Waals surface area (Å²) in [7, 11) is -4.20. The summed E-state index contributed by atoms with van der Waals surface area (Å²) in [6.45, 7) is 4.23. The van der Waals surface area contributed by atoms with Gasteiger partial charge in [-0.25, -0.2) is 27.4 Å². The molecule has 43 heavy (non-hydrogen) atoms. The van der Waals surface area contributed by atoms with E-state index in [1.165, 1.54) is 29.5 Å². The smallest absolute Gasteiger partial charge is 0.421 e. The quantitative estimate of drug-likeness (QED) is 0.224. The summed E-state index contributed by atoms with van der Waals surface area (Å²) in [5.74, 6) is -1.91. The Morgan fingerprint density at radius 3 is 2.33 bits per heavy atom. The average molecular weight is 623 g/mol. The van der Waals surface area contributed by atoms with Crippen molar-refractivity contribution in [2.45, 2.75) is 44.6 Å². The van der Waals surface area contributed by atoms with E-state index in [2.05, 4.69) is 10.1 Å². The van der Waals surface area contributed by atoms with Gasteiger partial charge in [-0.1, -0.05) is 86.2 Å². The highest BCUT2D eigenvalue weighted by Gasteiger charge is 2.22. The van der Waals surface area contributed by atoms with Crippen molar-refractivity contribution >= 4 is 39.3 Å². The molecule has 224 valence electrons. The molecule has 2 N–H and O–H groups in total. The third-order valence-corrected chi connectivity index (χ3v) is 8.73. The van der Waals surface area contributed by atoms with E-state index in [1.54, 1.807) is 59.3 Å². The van der Waals surface area contributed by atoms with Crippen LogP contribution in [0.25, 0.3) is 11.1 Å². The summed E-state index contributed by atoms with van der Waals surface area (Å²) in [6, 6.07) is 19.3. The van der Waals surface area contributed by atoms with Crippen LogP contribution in [0.1, 0.15) is 58.0 Å². The average Bonchev–Trinajstić information content (AvgIpc) is 3.38. The Labute approximate surface area is 252 Å². The molecule has 0 radical (unpaired) electrons. The second-order valence-corrected chi connectivity index (χ2v) is 12.0. The van der Waals surface area contributed by atoms with Crippen molar-refractivity contribution in [2.75, 3.05) is 6.61 Å². The van der Waals surface area contributed by atoms with Crippen molar-refractivity contribution in [3.05, 3.63) is 99.3 Å². The SMILES string of the molecule is CCCCOC(=O)NS(=O)(=O)c1ccccc1-c1ccc(Cn2nc(CC)sc2=NC(=O)c2ccccc2C(=O)O)cc1. The zero-order valence-corrected chi connectivity index (χ0v) is 25.2. The number of amides is 2. The third kappa shape index (κ3) is 7.81. The van der Waals surface area contributed by atoms with Gasteiger partial charge in [-0.05, 0) is 42.2 Å². The molecule has 0 spiro atoms. The molecule has 0 unspecified atom stereocenters. The summed E-state index contributed by atoms with van der Waals surface area (Å²) < 4.78 is 34.5. The van der Waals surface area contributed by atoms with Gasteiger partial charge in [0.2, 0.25) is 4.80 Å². The highest BCUT2D eigenvalue weighted by molar-refractivity contribution is 7.90. The van der Waals surface area contributed by atoms with E-state index in [-0.39, 0.29) is 29.2 Å². The summed E-state index contributed by atoms with van der Waals surface area (Å²) in [6.07, 6.45) is 1.01. The minimum Gasteiger partial charge on any atom is -0.478 e. The first-order valence-electron chi connectivity index (χ1n) is 13.5. The largest absolute Gasteiger partial charge is 0.478 e. The van der Waals surface area contributed by atoms with Gasteiger partial charge in [-0.15, -0.1) is 0 Å². The number of benzene rings is 3. The van der Waals surface area contributed by atoms with E-state index in [9.17, 15) is 27.9 Å². The second-order valence-electron chi connectivity index (χ2n) is 9.35. The lowest BCUT2D eigenvalue weighted by molar-refractivity contribution is 0.0692. The highest BCUT2D eigenvalue weighted by atomic mass is 32.2. The van der Waals surface area contributed by atoms with E-state index in [0.29, 0.717) is 28.8 Å². The van der Waals surface area contributed by atoms with E-state index >= 15 is 0 Å². The van der Waals surface area contributed by atoms with Crippen LogP contribution in [-0.2, 0) is 27.7 Å². The van der Waals surface area contributed by atoms with Crippen molar-refractivity contribution < 1.29 is 32.6 Å². The van der Waals surface area contributed by atoms with Crippen LogP contribution in [0.5, 0.6) is 0 Å². The van der Waals surface area contributed by atoms with Crippen LogP contribution in [0.3, 0.4) is 0 Å². The van der Waals surface area contributed by atoms with Crippen molar-refractivity contribution in [2.24, 2.45) is 4.99 Å². The number of carbonyl (C=O) groups excluding carboxylic acids is 2. The van der Waals surface area contributed by atoms with Crippen LogP contribution in [0.2, 0.25) is 0 Å². The van der Waals surface area contributed by atoms with Crippen LogP contribution in [0, 0.1) is 0 Å². The Hall–Kier alpha value is -4.62. The summed E-state index contributed by atoms with van der Waals surface area (Å²) in [4.78, 5) is 41.0. The van der Waals surface area contributed by atoms with Gasteiger partial charge in [-0.2, -0.15) is 10.1 Å². The highest BCUT2D eigenvalue weighted by Crippen LogP contribution is 2.27. The van der Waals surface area contributed by atoms with Crippen LogP contribution in [-0.4, -0.2) is 47.9 Å². The number of unbranched alkanes of at least 4 members (excludes halogenated alkanes) is 1. The number of carboxylic acid groups (broad SMARTS) is 1. The maximum absolute atomic E-state index is 13.0. The summed E-state index contributed by atoms with van der Waals surface area (Å²) in [5, 5.41) is 14.7. The number of ether oxygens (including phenoxy) is 1. The molecule has 2 amide bonds. The van der Waals surface area contributed by atoms with Crippen molar-refractivity contribution in [3.8, 4) is 11.1 Å². The van der Waals surface area contributed by atoms with Gasteiger partial charge < -0.3 is 9.84 Å². The van der Waals surface area contributed by atoms with Gasteiger partial charge in [-0.3, -0.25) is 4.79 Å². The number of nitrogens with one attached hydrogen (secondary N) is 1. The lowest BCUT2D eigenvalue weighted by atomic mass is 10.0. The fourth-order valence-corrected chi connectivity index (χ4v) is 6.05. The molecule has 0 bridgehead atoms. The number of carbonyl (C=O) groups is 3. The fraction of sp³-hybridized carbons (Fsp3) is 0.233. The molecule has 4 rings (SSSR count). The standard InChI is InChI=1S/C30H30N4O7S2/c1-3-5-18-41-30(38)33-43(39,40)25-13-9-8-10-22(25)21-16-14-20(15-17-21)19-34-29(42-26(4-2)32-34)31-27(35)23-11-6-7-12-24(23)28(36)37/h6-17H,3-5,18-19H2,1-2H3,(H,33,38)(H,36,37). The Kier molecular flexibility index (Phi) is 10.2. The monoisotopic (exact) mass is 622 g/mol. The molecule has 0 aliphatic rings. The van der Waals surface area contributed by atoms with Gasteiger partial charge in [0.1, 0.15) is 5.01 Å². The number of aryl methyl sites for hydroxylation is 1. The first kappa shape index (κ1) is 31.3. The molecular weight excluding hydrogens is 592 g/mol. The van der Waals surface area contributed by atoms with Crippen LogP contribution in [0.4, 0.5) is 4.79 Å². The van der Waals surface area contributed by atoms with E-state index in [1.807, 2.05) is 18.6 Å². The minimum absolute atomic E-state index is 0.0188. The number of aromatic carboxylic acids is 1. The van der Waals surface area contributed by atoms with Crippen LogP contribution in [0.15, 0.2) is 82.7 Å². The molecule has 0 fully saturated rings. The number of hydrogen-bond acceptors (Lipinski definition) is 8. The molecule has 0 saturated carbocycles. The van der Waals surface area contributed by atoms with Crippen molar-refractivity contribution in [3.63, 3.8) is 0 Å². The molecule has 1 heterocycles. The Morgan fingerprint density at radius 2 is 1.65 bits per heavy atom. The molecule has 4 aromatic rings. The number of rotatable bonds is 11. The number of hydrogen-bond donors (Lipinski definition) is 2. The Balaban J connectivity index is 1.59. The van der Waals surface area contributed by atoms with Gasteiger partial charge >= 0.3 is 12.1 Å². The van der Waals surface area contributed by atoms with E-state index < -0.39 is 28.0 Å². The second kappa shape index (κ2) is 14.0. The molecular formula is C30H30N4O7S2. The molecule has 0 saturated heterocycles. The number of aromatic nitrogens is 2. The predicted molar refractivity (Wildman–Crippen MR) is 160 cm³/mol. The number of carboxylic acids is 1. The zero-order valence-electron chi connectivity index (χ0n) is 23.5. The normalized spacial score (nSPS) is 11.7. The molecule has 0 aliphatic heterocycles. The van der Waals surface area contributed by atoms with Gasteiger partial charge in [0.25, 0.3) is 15.9 Å². The molecule has 0 aliphatic carbocycles. The maximum Gasteiger partial charge on any atom is 0.421 e. The molecule has 13 heteroatoms. The molecule has 0 atom stereocenters. The van der Waals surface area contributed by atoms with Gasteiger partial charge in [0, 0.05) is 5.56 Å². The van der Waals surface area contributed by atoms with Crippen molar-refractivity contribution in [1.29, 1.82) is 0 Å². The third-order valence-electron chi connectivity index (χ3n) is 6.27. The van der Waals surface area contributed by atoms with Gasteiger partial charge in [0.15, 0.2) is 0 Å². The molecule has 11 nitrogen and oxygen atoms in total.